The van der Waals surface area contributed by atoms with Crippen molar-refractivity contribution in [2.75, 3.05) is 0 Å². The Morgan fingerprint density at radius 3 is 2.00 bits per heavy atom. The van der Waals surface area contributed by atoms with Gasteiger partial charge < -0.3 is 10.4 Å². The monoisotopic (exact) mass is 297 g/mol. The van der Waals surface area contributed by atoms with Crippen LogP contribution >= 0.6 is 0 Å². The van der Waals surface area contributed by atoms with Crippen LogP contribution < -0.4 is 5.32 Å². The van der Waals surface area contributed by atoms with Gasteiger partial charge in [0.05, 0.1) is 0 Å². The first-order valence-corrected chi connectivity index (χ1v) is 7.97. The number of hydrogen-bond acceptors (Lipinski definition) is 2. The van der Waals surface area contributed by atoms with Gasteiger partial charge in [-0.25, -0.2) is 0 Å². The van der Waals surface area contributed by atoms with Crippen LogP contribution in [0, 0.1) is 0 Å². The summed E-state index contributed by atoms with van der Waals surface area (Å²) in [6.45, 7) is 8.83. The molecule has 0 radical (unpaired) electrons. The second-order valence-corrected chi connectivity index (χ2v) is 7.09. The van der Waals surface area contributed by atoms with Crippen LogP contribution in [-0.4, -0.2) is 16.7 Å². The average Bonchev–Trinajstić information content (AvgIpc) is 2.45. The molecular formula is C20H27NO. The van der Waals surface area contributed by atoms with Gasteiger partial charge in [-0.15, -0.1) is 0 Å². The number of phenols is 1. The van der Waals surface area contributed by atoms with Gasteiger partial charge in [-0.3, -0.25) is 0 Å². The minimum atomic E-state index is 0.107. The van der Waals surface area contributed by atoms with Crippen LogP contribution in [0.15, 0.2) is 54.6 Å². The summed E-state index contributed by atoms with van der Waals surface area (Å²) in [6.07, 6.45) is 1.02. The lowest BCUT2D eigenvalue weighted by atomic mass is 9.86. The van der Waals surface area contributed by atoms with Gasteiger partial charge in [0.25, 0.3) is 0 Å². The van der Waals surface area contributed by atoms with E-state index in [-0.39, 0.29) is 5.54 Å². The molecular weight excluding hydrogens is 270 g/mol. The Balaban J connectivity index is 2.24. The number of hydrogen-bond donors (Lipinski definition) is 2. The van der Waals surface area contributed by atoms with E-state index in [2.05, 4.69) is 57.3 Å². The molecule has 0 saturated carbocycles. The number of benzene rings is 2. The molecule has 118 valence electrons. The Labute approximate surface area is 134 Å². The van der Waals surface area contributed by atoms with Gasteiger partial charge in [-0.05, 0) is 57.4 Å². The van der Waals surface area contributed by atoms with Crippen LogP contribution in [0.4, 0.5) is 0 Å². The van der Waals surface area contributed by atoms with Crippen molar-refractivity contribution in [3.8, 4) is 5.75 Å². The standard InChI is InChI=1S/C20H27NO/c1-15(21-20(2,3)4)14-19(16-8-6-5-7-9-16)17-10-12-18(22)13-11-17/h5-13,15,19,21-22H,14H2,1-4H3/t15-,19+/m0/s1. The number of aromatic hydroxyl groups is 1. The highest BCUT2D eigenvalue weighted by molar-refractivity contribution is 5.35. The number of rotatable bonds is 5. The molecule has 2 N–H and O–H groups in total. The van der Waals surface area contributed by atoms with Gasteiger partial charge in [0, 0.05) is 17.5 Å². The van der Waals surface area contributed by atoms with Gasteiger partial charge >= 0.3 is 0 Å². The second kappa shape index (κ2) is 6.97. The first-order valence-electron chi connectivity index (χ1n) is 7.97. The molecule has 0 aliphatic carbocycles. The smallest absolute Gasteiger partial charge is 0.115 e. The van der Waals surface area contributed by atoms with E-state index in [4.69, 9.17) is 0 Å². The molecule has 22 heavy (non-hydrogen) atoms. The fourth-order valence-corrected chi connectivity index (χ4v) is 3.01. The van der Waals surface area contributed by atoms with Crippen molar-refractivity contribution in [1.29, 1.82) is 0 Å². The fourth-order valence-electron chi connectivity index (χ4n) is 3.01. The summed E-state index contributed by atoms with van der Waals surface area (Å²) in [5.74, 6) is 0.642. The van der Waals surface area contributed by atoms with Crippen LogP contribution in [-0.2, 0) is 0 Å². The maximum absolute atomic E-state index is 9.53. The highest BCUT2D eigenvalue weighted by Crippen LogP contribution is 2.30. The molecule has 0 heterocycles. The van der Waals surface area contributed by atoms with Crippen LogP contribution in [0.3, 0.4) is 0 Å². The van der Waals surface area contributed by atoms with E-state index in [0.717, 1.165) is 6.42 Å². The minimum Gasteiger partial charge on any atom is -0.508 e. The molecule has 0 bridgehead atoms. The molecule has 2 heteroatoms. The third-order valence-corrected chi connectivity index (χ3v) is 3.77. The molecule has 2 nitrogen and oxygen atoms in total. The highest BCUT2D eigenvalue weighted by atomic mass is 16.3. The SMILES string of the molecule is C[C@@H](C[C@H](c1ccccc1)c1ccc(O)cc1)NC(C)(C)C. The van der Waals surface area contributed by atoms with E-state index >= 15 is 0 Å². The lowest BCUT2D eigenvalue weighted by molar-refractivity contribution is 0.353. The van der Waals surface area contributed by atoms with Crippen molar-refractivity contribution in [2.24, 2.45) is 0 Å². The van der Waals surface area contributed by atoms with Gasteiger partial charge in [0.1, 0.15) is 5.75 Å². The fraction of sp³-hybridized carbons (Fsp3) is 0.400. The van der Waals surface area contributed by atoms with Crippen LogP contribution in [0.25, 0.3) is 0 Å². The zero-order chi connectivity index (χ0) is 16.2. The van der Waals surface area contributed by atoms with Gasteiger partial charge in [-0.1, -0.05) is 42.5 Å². The molecule has 0 aliphatic heterocycles. The molecule has 0 fully saturated rings. The first-order chi connectivity index (χ1) is 10.3. The summed E-state index contributed by atoms with van der Waals surface area (Å²) >= 11 is 0. The quantitative estimate of drug-likeness (QED) is 0.839. The molecule has 2 atom stereocenters. The Morgan fingerprint density at radius 1 is 0.909 bits per heavy atom. The summed E-state index contributed by atoms with van der Waals surface area (Å²) < 4.78 is 0. The molecule has 2 aromatic carbocycles. The molecule has 2 rings (SSSR count). The Kier molecular flexibility index (Phi) is 5.25. The van der Waals surface area contributed by atoms with Gasteiger partial charge in [-0.2, -0.15) is 0 Å². The predicted molar refractivity (Wildman–Crippen MR) is 93.4 cm³/mol. The minimum absolute atomic E-state index is 0.107. The van der Waals surface area contributed by atoms with Crippen LogP contribution in [0.2, 0.25) is 0 Å². The molecule has 0 aliphatic rings. The molecule has 0 unspecified atom stereocenters. The zero-order valence-electron chi connectivity index (χ0n) is 14.0. The first kappa shape index (κ1) is 16.6. The van der Waals surface area contributed by atoms with Crippen molar-refractivity contribution in [3.05, 3.63) is 65.7 Å². The van der Waals surface area contributed by atoms with Crippen molar-refractivity contribution in [1.82, 2.24) is 5.32 Å². The maximum Gasteiger partial charge on any atom is 0.115 e. The summed E-state index contributed by atoms with van der Waals surface area (Å²) in [5, 5.41) is 13.2. The Bertz CT molecular complexity index is 569. The number of phenolic OH excluding ortho intramolecular Hbond substituents is 1. The van der Waals surface area contributed by atoms with Crippen molar-refractivity contribution in [3.63, 3.8) is 0 Å². The van der Waals surface area contributed by atoms with E-state index in [1.807, 2.05) is 18.2 Å². The molecule has 0 saturated heterocycles. The van der Waals surface area contributed by atoms with E-state index in [9.17, 15) is 5.11 Å². The van der Waals surface area contributed by atoms with Crippen molar-refractivity contribution < 1.29 is 5.11 Å². The Morgan fingerprint density at radius 2 is 1.45 bits per heavy atom. The maximum atomic E-state index is 9.53. The molecule has 2 aromatic rings. The topological polar surface area (TPSA) is 32.3 Å². The second-order valence-electron chi connectivity index (χ2n) is 7.09. The zero-order valence-corrected chi connectivity index (χ0v) is 14.0. The summed E-state index contributed by atoms with van der Waals surface area (Å²) in [5.41, 5.74) is 2.66. The van der Waals surface area contributed by atoms with Crippen LogP contribution in [0.5, 0.6) is 5.75 Å². The van der Waals surface area contributed by atoms with Crippen molar-refractivity contribution >= 4 is 0 Å². The van der Waals surface area contributed by atoms with Gasteiger partial charge in [0.15, 0.2) is 0 Å². The third kappa shape index (κ3) is 4.88. The van der Waals surface area contributed by atoms with E-state index in [1.165, 1.54) is 11.1 Å². The Hall–Kier alpha value is -1.80. The normalized spacial score (nSPS) is 14.5. The van der Waals surface area contributed by atoms with E-state index in [0.29, 0.717) is 17.7 Å². The number of nitrogens with one attached hydrogen (secondary N) is 1. The summed E-state index contributed by atoms with van der Waals surface area (Å²) in [6, 6.07) is 18.6. The lowest BCUT2D eigenvalue weighted by Gasteiger charge is -2.29. The van der Waals surface area contributed by atoms with Gasteiger partial charge in [0.2, 0.25) is 0 Å². The summed E-state index contributed by atoms with van der Waals surface area (Å²) in [4.78, 5) is 0. The molecule has 0 amide bonds. The highest BCUT2D eigenvalue weighted by Gasteiger charge is 2.20. The van der Waals surface area contributed by atoms with E-state index < -0.39 is 0 Å². The summed E-state index contributed by atoms with van der Waals surface area (Å²) in [7, 11) is 0. The van der Waals surface area contributed by atoms with Crippen LogP contribution in [0.1, 0.15) is 51.2 Å². The predicted octanol–water partition coefficient (Wildman–Crippen LogP) is 4.69. The average molecular weight is 297 g/mol. The van der Waals surface area contributed by atoms with Crippen molar-refractivity contribution in [2.45, 2.75) is 51.6 Å². The lowest BCUT2D eigenvalue weighted by Crippen LogP contribution is -2.42. The largest absolute Gasteiger partial charge is 0.508 e. The third-order valence-electron chi connectivity index (χ3n) is 3.77. The van der Waals surface area contributed by atoms with E-state index in [1.54, 1.807) is 12.1 Å². The molecule has 0 spiro atoms. The molecule has 0 aromatic heterocycles.